The minimum absolute atomic E-state index is 0.680. The van der Waals surface area contributed by atoms with E-state index in [2.05, 4.69) is 369 Å². The molecule has 0 radical (unpaired) electrons. The van der Waals surface area contributed by atoms with Crippen LogP contribution in [0.2, 0.25) is 0 Å². The van der Waals surface area contributed by atoms with Crippen molar-refractivity contribution in [3.05, 3.63) is 471 Å². The van der Waals surface area contributed by atoms with Gasteiger partial charge in [0.2, 0.25) is 0 Å². The van der Waals surface area contributed by atoms with Crippen molar-refractivity contribution in [1.29, 1.82) is 0 Å². The highest BCUT2D eigenvalue weighted by Gasteiger charge is 2.25. The summed E-state index contributed by atoms with van der Waals surface area (Å²) in [6.07, 6.45) is 20.2. The molecule has 0 saturated carbocycles. The number of benzene rings is 13. The summed E-state index contributed by atoms with van der Waals surface area (Å²) in [5.74, 6) is 3.01. The molecule has 21 heteroatoms. The molecule has 0 saturated heterocycles. The molecule has 31 rings (SSSR count). The number of hydrogen-bond donors (Lipinski definition) is 0. The lowest BCUT2D eigenvalue weighted by Crippen LogP contribution is -2.00. The molecule has 16 nitrogen and oxygen atoms in total. The van der Waals surface area contributed by atoms with Crippen molar-refractivity contribution in [2.24, 2.45) is 0 Å². The van der Waals surface area contributed by atoms with Gasteiger partial charge in [-0.2, -0.15) is 0 Å². The SMILES string of the molecule is c1ccc(-c2cc(-n3c4ccccc4c4ccc5ccsc5c43)cc(-c3ccccc3)n2)cc1.c1ccc(-c2ccc(-n3c4ccccc4c4ccc5ccsc5c43)cn2)nc1.c1ccc(-c2nccc(-n3c4ccccc4c4ccc5ccsc5c43)n2)cc1.c1ccc2c(c1)c1ccc3ccsc3c1n2-c1cnc(-c2ccncc2)nc1.c1cncc(-c2ncc(-n3c4ccccc4c4ccc5ccsc5c43)cn2)c1. The second-order valence-corrected chi connectivity index (χ2v) is 39.9. The standard InChI is InChI=1S/C31H20N2S.2C24H15N3S.2C23H14N4S/c1-3-9-21(10-4-1)27-19-24(20-28(32-27)22-11-5-2-6-12-22)33-29-14-8-7-13-25(29)26-16-15-23-17-18-34-31(23)30(26)33;1-2-7-22-18(5-1)19-10-8-16-12-14-28-24(16)23(19)27(22)17-9-11-21(26-15-17)20-6-3-4-13-25-20;1-2-6-17(7-3-1)24-25-14-12-21(26-24)27-20-9-5-4-8-18(20)19-11-10-16-13-15-28-23(16)22(19)27;1-2-6-20-18(5-1)19-8-7-15-9-11-28-22(15)21(19)27(20)17-13-25-23(26-14-17)16-4-3-10-24-12-16;1-2-4-20-18(3-1)19-6-5-15-9-12-28-22(15)21(19)27(20)17-13-25-23(26-14-17)16-7-10-24-11-8-16/h1-20H;2*1-15H;2*1-14H. The summed E-state index contributed by atoms with van der Waals surface area (Å²) in [7, 11) is 0. The van der Waals surface area contributed by atoms with Crippen LogP contribution in [0.1, 0.15) is 0 Å². The molecule has 0 aliphatic carbocycles. The minimum Gasteiger partial charge on any atom is -0.308 e. The molecule has 0 aliphatic heterocycles. The first-order valence-electron chi connectivity index (χ1n) is 47.8. The molecule has 688 valence electrons. The molecule has 18 heterocycles. The summed E-state index contributed by atoms with van der Waals surface area (Å²) in [5.41, 5.74) is 25.0. The summed E-state index contributed by atoms with van der Waals surface area (Å²) in [5, 5.41) is 29.7. The van der Waals surface area contributed by atoms with E-state index in [9.17, 15) is 0 Å². The summed E-state index contributed by atoms with van der Waals surface area (Å²) < 4.78 is 18.1. The predicted molar refractivity (Wildman–Crippen MR) is 609 cm³/mol. The summed E-state index contributed by atoms with van der Waals surface area (Å²) in [6, 6.07) is 131. The Morgan fingerprint density at radius 3 is 0.925 bits per heavy atom. The Bertz CT molecular complexity index is 9730. The summed E-state index contributed by atoms with van der Waals surface area (Å²) in [4.78, 5) is 50.4. The van der Waals surface area contributed by atoms with Crippen molar-refractivity contribution in [3.63, 3.8) is 0 Å². The van der Waals surface area contributed by atoms with E-state index in [1.807, 2.05) is 134 Å². The number of thiophene rings is 5. The normalized spacial score (nSPS) is 11.6. The van der Waals surface area contributed by atoms with E-state index in [1.165, 1.54) is 148 Å². The van der Waals surface area contributed by atoms with Gasteiger partial charge >= 0.3 is 0 Å². The fourth-order valence-electron chi connectivity index (χ4n) is 20.4. The van der Waals surface area contributed by atoms with E-state index in [1.54, 1.807) is 87.7 Å². The van der Waals surface area contributed by atoms with Crippen LogP contribution in [0.5, 0.6) is 0 Å². The van der Waals surface area contributed by atoms with Crippen molar-refractivity contribution in [2.75, 3.05) is 0 Å². The molecule has 13 aromatic carbocycles. The first-order chi connectivity index (χ1) is 72.5. The van der Waals surface area contributed by atoms with Crippen LogP contribution in [0.4, 0.5) is 0 Å². The van der Waals surface area contributed by atoms with E-state index < -0.39 is 0 Å². The van der Waals surface area contributed by atoms with Crippen LogP contribution in [0.25, 0.3) is 256 Å². The molecular formula is C125H78N16S5. The molecule has 0 amide bonds. The van der Waals surface area contributed by atoms with Crippen molar-refractivity contribution >= 4 is 216 Å². The Labute approximate surface area is 854 Å². The maximum atomic E-state index is 5.09. The molecule has 18 aromatic heterocycles. The quantitative estimate of drug-likeness (QED) is 0.121. The fraction of sp³-hybridized carbons (Fsp3) is 0. The predicted octanol–water partition coefficient (Wildman–Crippen LogP) is 33.3. The topological polar surface area (TPSA) is 166 Å². The van der Waals surface area contributed by atoms with Crippen LogP contribution >= 0.6 is 56.7 Å². The Morgan fingerprint density at radius 1 is 0.178 bits per heavy atom. The average molecular weight is 1960 g/mol. The number of hydrogen-bond acceptors (Lipinski definition) is 16. The highest BCUT2D eigenvalue weighted by molar-refractivity contribution is 7.19. The third-order valence-electron chi connectivity index (χ3n) is 27.0. The molecule has 0 fully saturated rings. The molecule has 31 aromatic rings. The highest BCUT2D eigenvalue weighted by atomic mass is 32.1. The zero-order chi connectivity index (χ0) is 96.5. The maximum absolute atomic E-state index is 5.09. The van der Waals surface area contributed by atoms with Gasteiger partial charge in [0.05, 0.1) is 155 Å². The molecule has 0 atom stereocenters. The van der Waals surface area contributed by atoms with Crippen LogP contribution in [-0.2, 0) is 0 Å². The fourth-order valence-corrected chi connectivity index (χ4v) is 25.1. The lowest BCUT2D eigenvalue weighted by atomic mass is 10.1. The molecule has 146 heavy (non-hydrogen) atoms. The van der Waals surface area contributed by atoms with Crippen LogP contribution in [-0.4, -0.2) is 77.7 Å². The Kier molecular flexibility index (Phi) is 22.1. The Morgan fingerprint density at radius 2 is 0.527 bits per heavy atom. The highest BCUT2D eigenvalue weighted by Crippen LogP contribution is 2.47. The second-order valence-electron chi connectivity index (χ2n) is 35.3. The van der Waals surface area contributed by atoms with Gasteiger partial charge in [-0.25, -0.2) is 34.9 Å². The number of aromatic nitrogens is 16. The number of para-hydroxylation sites is 5. The largest absolute Gasteiger partial charge is 0.308 e. The first kappa shape index (κ1) is 86.7. The number of nitrogens with zero attached hydrogens (tertiary/aromatic N) is 16. The van der Waals surface area contributed by atoms with Crippen LogP contribution in [0, 0.1) is 0 Å². The van der Waals surface area contributed by atoms with Crippen LogP contribution in [0.15, 0.2) is 471 Å². The lowest BCUT2D eigenvalue weighted by Gasteiger charge is -2.13. The van der Waals surface area contributed by atoms with E-state index in [4.69, 9.17) is 15.0 Å². The van der Waals surface area contributed by atoms with Gasteiger partial charge in [0.15, 0.2) is 17.5 Å². The number of rotatable bonds is 11. The third-order valence-corrected chi connectivity index (χ3v) is 31.6. The zero-order valence-electron chi connectivity index (χ0n) is 77.7. The first-order valence-corrected chi connectivity index (χ1v) is 52.2. The average Bonchev–Trinajstić information content (AvgIpc) is 1.59. The number of fused-ring (bicyclic) bond motifs is 25. The van der Waals surface area contributed by atoms with Gasteiger partial charge in [0.1, 0.15) is 5.82 Å². The zero-order valence-corrected chi connectivity index (χ0v) is 81.8. The lowest BCUT2D eigenvalue weighted by molar-refractivity contribution is 1.05. The van der Waals surface area contributed by atoms with Crippen molar-refractivity contribution in [2.45, 2.75) is 0 Å². The van der Waals surface area contributed by atoms with Gasteiger partial charge < -0.3 is 18.3 Å². The Hall–Kier alpha value is -18.4. The molecule has 0 aliphatic rings. The van der Waals surface area contributed by atoms with Crippen LogP contribution in [0.3, 0.4) is 0 Å². The van der Waals surface area contributed by atoms with E-state index in [-0.39, 0.29) is 0 Å². The summed E-state index contributed by atoms with van der Waals surface area (Å²) >= 11 is 8.92. The molecule has 0 N–H and O–H groups in total. The second kappa shape index (κ2) is 37.3. The van der Waals surface area contributed by atoms with Gasteiger partial charge in [-0.15, -0.1) is 56.7 Å². The van der Waals surface area contributed by atoms with E-state index in [0.29, 0.717) is 11.6 Å². The third kappa shape index (κ3) is 15.4. The monoisotopic (exact) mass is 1960 g/mol. The molecule has 0 bridgehead atoms. The molecule has 0 spiro atoms. The van der Waals surface area contributed by atoms with E-state index in [0.717, 1.165) is 96.0 Å². The van der Waals surface area contributed by atoms with Crippen molar-refractivity contribution in [1.82, 2.24) is 77.7 Å². The van der Waals surface area contributed by atoms with Crippen LogP contribution < -0.4 is 0 Å². The van der Waals surface area contributed by atoms with E-state index >= 15 is 0 Å². The Balaban J connectivity index is 0.0000000907. The van der Waals surface area contributed by atoms with Gasteiger partial charge in [0.25, 0.3) is 0 Å². The summed E-state index contributed by atoms with van der Waals surface area (Å²) in [6.45, 7) is 0. The van der Waals surface area contributed by atoms with Gasteiger partial charge in [-0.05, 0) is 181 Å². The smallest absolute Gasteiger partial charge is 0.161 e. The van der Waals surface area contributed by atoms with Gasteiger partial charge in [0, 0.05) is 119 Å². The van der Waals surface area contributed by atoms with Gasteiger partial charge in [-0.3, -0.25) is 24.5 Å². The number of pyridine rings is 5. The van der Waals surface area contributed by atoms with Crippen molar-refractivity contribution < 1.29 is 0 Å². The minimum atomic E-state index is 0.680. The molecular weight excluding hydrogens is 1890 g/mol. The van der Waals surface area contributed by atoms with Crippen molar-refractivity contribution in [3.8, 4) is 96.6 Å². The maximum Gasteiger partial charge on any atom is 0.161 e. The molecule has 0 unspecified atom stereocenters. The van der Waals surface area contributed by atoms with Gasteiger partial charge in [-0.1, -0.05) is 249 Å².